The molecule has 2 fully saturated rings. The number of ether oxygens (including phenoxy) is 1. The predicted octanol–water partition coefficient (Wildman–Crippen LogP) is 1.97. The summed E-state index contributed by atoms with van der Waals surface area (Å²) in [4.78, 5) is 4.87. The van der Waals surface area contributed by atoms with E-state index in [4.69, 9.17) is 22.1 Å². The van der Waals surface area contributed by atoms with Gasteiger partial charge in [0.25, 0.3) is 0 Å². The first kappa shape index (κ1) is 15.1. The van der Waals surface area contributed by atoms with Crippen molar-refractivity contribution in [1.82, 2.24) is 4.90 Å². The molecule has 21 heavy (non-hydrogen) atoms. The third-order valence-electron chi connectivity index (χ3n) is 4.49. The number of benzene rings is 1. The zero-order valence-electron chi connectivity index (χ0n) is 12.4. The minimum atomic E-state index is 0.277. The number of piperazine rings is 1. The minimum absolute atomic E-state index is 0.277. The van der Waals surface area contributed by atoms with Gasteiger partial charge in [0.2, 0.25) is 0 Å². The maximum absolute atomic E-state index is 6.28. The summed E-state index contributed by atoms with van der Waals surface area (Å²) in [5, 5.41) is 0.843. The molecule has 1 aromatic rings. The van der Waals surface area contributed by atoms with Gasteiger partial charge < -0.3 is 15.4 Å². The maximum Gasteiger partial charge on any atom is 0.0707 e. The molecule has 0 spiro atoms. The highest BCUT2D eigenvalue weighted by Crippen LogP contribution is 2.26. The molecule has 2 aliphatic rings. The lowest BCUT2D eigenvalue weighted by atomic mass is 10.1. The molecule has 2 heterocycles. The Kier molecular flexibility index (Phi) is 5.01. The third kappa shape index (κ3) is 3.69. The van der Waals surface area contributed by atoms with E-state index >= 15 is 0 Å². The van der Waals surface area contributed by atoms with Gasteiger partial charge in [-0.25, -0.2) is 0 Å². The average molecular weight is 310 g/mol. The van der Waals surface area contributed by atoms with Crippen LogP contribution >= 0.6 is 11.6 Å². The van der Waals surface area contributed by atoms with Crippen LogP contribution in [0.15, 0.2) is 24.3 Å². The number of rotatable bonds is 4. The largest absolute Gasteiger partial charge is 0.372 e. The SMILES string of the molecule is NCC1CCC(CN2CCN(c3ccccc3Cl)CC2)O1. The van der Waals surface area contributed by atoms with Gasteiger partial charge in [-0.2, -0.15) is 0 Å². The zero-order chi connectivity index (χ0) is 14.7. The van der Waals surface area contributed by atoms with Crippen LogP contribution in [-0.4, -0.2) is 56.4 Å². The van der Waals surface area contributed by atoms with Crippen molar-refractivity contribution in [3.8, 4) is 0 Å². The number of anilines is 1. The molecule has 0 saturated carbocycles. The summed E-state index contributed by atoms with van der Waals surface area (Å²) in [5.74, 6) is 0. The van der Waals surface area contributed by atoms with E-state index in [0.29, 0.717) is 12.6 Å². The van der Waals surface area contributed by atoms with Crippen LogP contribution in [0.3, 0.4) is 0 Å². The molecule has 5 heteroatoms. The summed E-state index contributed by atoms with van der Waals surface area (Å²) >= 11 is 6.28. The van der Waals surface area contributed by atoms with Gasteiger partial charge in [-0.1, -0.05) is 23.7 Å². The van der Waals surface area contributed by atoms with Crippen molar-refractivity contribution in [3.63, 3.8) is 0 Å². The Hall–Kier alpha value is -0.810. The van der Waals surface area contributed by atoms with Crippen LogP contribution in [0.2, 0.25) is 5.02 Å². The van der Waals surface area contributed by atoms with Crippen LogP contribution in [0.4, 0.5) is 5.69 Å². The zero-order valence-corrected chi connectivity index (χ0v) is 13.1. The number of hydrogen-bond donors (Lipinski definition) is 1. The van der Waals surface area contributed by atoms with E-state index in [1.54, 1.807) is 0 Å². The van der Waals surface area contributed by atoms with Gasteiger partial charge >= 0.3 is 0 Å². The quantitative estimate of drug-likeness (QED) is 0.923. The number of hydrogen-bond acceptors (Lipinski definition) is 4. The van der Waals surface area contributed by atoms with Gasteiger partial charge in [-0.15, -0.1) is 0 Å². The molecule has 2 atom stereocenters. The van der Waals surface area contributed by atoms with E-state index in [2.05, 4.69) is 15.9 Å². The topological polar surface area (TPSA) is 41.7 Å². The molecule has 1 aromatic carbocycles. The highest BCUT2D eigenvalue weighted by Gasteiger charge is 2.27. The van der Waals surface area contributed by atoms with Crippen molar-refractivity contribution in [3.05, 3.63) is 29.3 Å². The molecule has 116 valence electrons. The van der Waals surface area contributed by atoms with Crippen molar-refractivity contribution < 1.29 is 4.74 Å². The summed E-state index contributed by atoms with van der Waals surface area (Å²) < 4.78 is 5.94. The fourth-order valence-corrected chi connectivity index (χ4v) is 3.51. The standard InChI is InChI=1S/C16H24ClN3O/c17-15-3-1-2-4-16(15)20-9-7-19(8-10-20)12-14-6-5-13(11-18)21-14/h1-4,13-14H,5-12,18H2. The Morgan fingerprint density at radius 1 is 1.10 bits per heavy atom. The molecule has 0 radical (unpaired) electrons. The molecule has 4 nitrogen and oxygen atoms in total. The fraction of sp³-hybridized carbons (Fsp3) is 0.625. The van der Waals surface area contributed by atoms with Crippen molar-refractivity contribution in [2.45, 2.75) is 25.0 Å². The summed E-state index contributed by atoms with van der Waals surface area (Å²) in [6.45, 7) is 5.87. The van der Waals surface area contributed by atoms with Gasteiger partial charge in [0.05, 0.1) is 22.9 Å². The summed E-state index contributed by atoms with van der Waals surface area (Å²) in [5.41, 5.74) is 6.82. The van der Waals surface area contributed by atoms with Crippen LogP contribution in [0.1, 0.15) is 12.8 Å². The van der Waals surface area contributed by atoms with Crippen LogP contribution in [0, 0.1) is 0 Å². The van der Waals surface area contributed by atoms with Crippen molar-refractivity contribution >= 4 is 17.3 Å². The molecule has 3 rings (SSSR count). The van der Waals surface area contributed by atoms with Gasteiger partial charge in [0, 0.05) is 39.3 Å². The van der Waals surface area contributed by atoms with E-state index in [0.717, 1.165) is 56.3 Å². The lowest BCUT2D eigenvalue weighted by molar-refractivity contribution is 0.0260. The molecule has 2 N–H and O–H groups in total. The summed E-state index contributed by atoms with van der Waals surface area (Å²) in [6, 6.07) is 8.09. The van der Waals surface area contributed by atoms with E-state index in [1.807, 2.05) is 18.2 Å². The summed E-state index contributed by atoms with van der Waals surface area (Å²) in [7, 11) is 0. The van der Waals surface area contributed by atoms with Crippen LogP contribution in [0.25, 0.3) is 0 Å². The first-order valence-electron chi connectivity index (χ1n) is 7.83. The maximum atomic E-state index is 6.28. The van der Waals surface area contributed by atoms with Gasteiger partial charge in [-0.3, -0.25) is 4.90 Å². The van der Waals surface area contributed by atoms with Crippen LogP contribution in [0.5, 0.6) is 0 Å². The van der Waals surface area contributed by atoms with Gasteiger partial charge in [-0.05, 0) is 25.0 Å². The Bertz CT molecular complexity index is 463. The van der Waals surface area contributed by atoms with E-state index in [1.165, 1.54) is 0 Å². The lowest BCUT2D eigenvalue weighted by Crippen LogP contribution is -2.48. The van der Waals surface area contributed by atoms with E-state index in [-0.39, 0.29) is 6.10 Å². The van der Waals surface area contributed by atoms with Gasteiger partial charge in [0.1, 0.15) is 0 Å². The molecule has 0 amide bonds. The van der Waals surface area contributed by atoms with Crippen molar-refractivity contribution in [2.75, 3.05) is 44.2 Å². The molecular formula is C16H24ClN3O. The Morgan fingerprint density at radius 3 is 2.48 bits per heavy atom. The number of nitrogens with two attached hydrogens (primary N) is 1. The highest BCUT2D eigenvalue weighted by atomic mass is 35.5. The fourth-order valence-electron chi connectivity index (χ4n) is 3.26. The van der Waals surface area contributed by atoms with Crippen LogP contribution < -0.4 is 10.6 Å². The number of nitrogens with zero attached hydrogens (tertiary/aromatic N) is 2. The minimum Gasteiger partial charge on any atom is -0.372 e. The smallest absolute Gasteiger partial charge is 0.0707 e. The Morgan fingerprint density at radius 2 is 1.81 bits per heavy atom. The predicted molar refractivity (Wildman–Crippen MR) is 87.1 cm³/mol. The van der Waals surface area contributed by atoms with Gasteiger partial charge in [0.15, 0.2) is 0 Å². The number of halogens is 1. The normalized spacial score (nSPS) is 27.2. The third-order valence-corrected chi connectivity index (χ3v) is 4.81. The Labute approximate surface area is 131 Å². The van der Waals surface area contributed by atoms with Crippen molar-refractivity contribution in [2.24, 2.45) is 5.73 Å². The molecule has 0 aliphatic carbocycles. The molecule has 2 saturated heterocycles. The first-order valence-corrected chi connectivity index (χ1v) is 8.21. The molecule has 2 aliphatic heterocycles. The second kappa shape index (κ2) is 6.97. The molecular weight excluding hydrogens is 286 g/mol. The molecule has 0 bridgehead atoms. The summed E-state index contributed by atoms with van der Waals surface area (Å²) in [6.07, 6.45) is 2.90. The second-order valence-electron chi connectivity index (χ2n) is 5.93. The van der Waals surface area contributed by atoms with Crippen molar-refractivity contribution in [1.29, 1.82) is 0 Å². The van der Waals surface area contributed by atoms with E-state index in [9.17, 15) is 0 Å². The highest BCUT2D eigenvalue weighted by molar-refractivity contribution is 6.33. The number of para-hydroxylation sites is 1. The molecule has 2 unspecified atom stereocenters. The first-order chi connectivity index (χ1) is 10.3. The van der Waals surface area contributed by atoms with E-state index < -0.39 is 0 Å². The van der Waals surface area contributed by atoms with Crippen LogP contribution in [-0.2, 0) is 4.74 Å². The lowest BCUT2D eigenvalue weighted by Gasteiger charge is -2.37. The Balaban J connectivity index is 1.48. The second-order valence-corrected chi connectivity index (χ2v) is 6.34. The average Bonchev–Trinajstić information content (AvgIpc) is 2.96. The molecule has 0 aromatic heterocycles. The monoisotopic (exact) mass is 309 g/mol.